The Morgan fingerprint density at radius 3 is 2.45 bits per heavy atom. The third-order valence-corrected chi connectivity index (χ3v) is 4.32. The summed E-state index contributed by atoms with van der Waals surface area (Å²) < 4.78 is 19.0. The van der Waals surface area contributed by atoms with Gasteiger partial charge in [-0.1, -0.05) is 23.7 Å². The Hall–Kier alpha value is -3.59. The molecule has 8 nitrogen and oxygen atoms in total. The summed E-state index contributed by atoms with van der Waals surface area (Å²) in [6.45, 7) is 0.175. The van der Waals surface area contributed by atoms with E-state index in [0.717, 1.165) is 6.07 Å². The number of carbonyl (C=O) groups excluding carboxylic acids is 3. The van der Waals surface area contributed by atoms with Crippen molar-refractivity contribution >= 4 is 40.8 Å². The molecule has 0 aliphatic carbocycles. The normalized spacial score (nSPS) is 12.7. The van der Waals surface area contributed by atoms with E-state index >= 15 is 0 Å². The van der Waals surface area contributed by atoms with Gasteiger partial charge in [0.15, 0.2) is 5.70 Å². The van der Waals surface area contributed by atoms with E-state index in [-0.39, 0.29) is 40.0 Å². The first-order valence-electron chi connectivity index (χ1n) is 8.38. The van der Waals surface area contributed by atoms with Gasteiger partial charge in [0, 0.05) is 5.69 Å². The first-order valence-corrected chi connectivity index (χ1v) is 8.75. The molecule has 4 N–H and O–H groups in total. The summed E-state index contributed by atoms with van der Waals surface area (Å²) in [6, 6.07) is 10.1. The molecular formula is C19H16ClFN4O4. The van der Waals surface area contributed by atoms with Crippen LogP contribution in [0.5, 0.6) is 0 Å². The minimum atomic E-state index is -0.761. The van der Waals surface area contributed by atoms with Crippen molar-refractivity contribution in [3.8, 4) is 0 Å². The van der Waals surface area contributed by atoms with Gasteiger partial charge in [-0.05, 0) is 30.3 Å². The smallest absolute Gasteiger partial charge is 0.356 e. The first-order chi connectivity index (χ1) is 13.9. The molecule has 2 amide bonds. The Morgan fingerprint density at radius 1 is 1.03 bits per heavy atom. The number of hydrogen-bond donors (Lipinski definition) is 4. The molecule has 0 saturated heterocycles. The summed E-state index contributed by atoms with van der Waals surface area (Å²) in [7, 11) is 1.19. The molecule has 2 aromatic rings. The van der Waals surface area contributed by atoms with E-state index in [0.29, 0.717) is 0 Å². The number of anilines is 2. The third kappa shape index (κ3) is 4.46. The van der Waals surface area contributed by atoms with E-state index in [9.17, 15) is 18.8 Å². The second-order valence-electron chi connectivity index (χ2n) is 5.85. The van der Waals surface area contributed by atoms with Gasteiger partial charge in [0.1, 0.15) is 11.5 Å². The number of methoxy groups -OCH3 is 1. The van der Waals surface area contributed by atoms with Gasteiger partial charge < -0.3 is 26.0 Å². The molecule has 0 radical (unpaired) electrons. The maximum Gasteiger partial charge on any atom is 0.356 e. The Bertz CT molecular complexity index is 1030. The summed E-state index contributed by atoms with van der Waals surface area (Å²) in [5.41, 5.74) is 0.215. The number of rotatable bonds is 5. The quantitative estimate of drug-likeness (QED) is 0.554. The van der Waals surface area contributed by atoms with E-state index in [2.05, 4.69) is 26.0 Å². The minimum absolute atomic E-state index is 0.0194. The summed E-state index contributed by atoms with van der Waals surface area (Å²) in [4.78, 5) is 36.3. The van der Waals surface area contributed by atoms with E-state index in [4.69, 9.17) is 11.6 Å². The summed E-state index contributed by atoms with van der Waals surface area (Å²) in [5, 5.41) is 10.5. The lowest BCUT2D eigenvalue weighted by molar-refractivity contribution is -0.136. The number of esters is 1. The van der Waals surface area contributed by atoms with Crippen molar-refractivity contribution in [2.45, 2.75) is 0 Å². The monoisotopic (exact) mass is 418 g/mol. The number of carbonyl (C=O) groups is 3. The van der Waals surface area contributed by atoms with Crippen molar-refractivity contribution in [3.63, 3.8) is 0 Å². The van der Waals surface area contributed by atoms with Crippen LogP contribution in [0.1, 0.15) is 10.4 Å². The van der Waals surface area contributed by atoms with Crippen LogP contribution < -0.4 is 21.3 Å². The maximum absolute atomic E-state index is 14.4. The molecule has 0 unspecified atom stereocenters. The fraction of sp³-hybridized carbons (Fsp3) is 0.105. The van der Waals surface area contributed by atoms with Crippen molar-refractivity contribution in [1.29, 1.82) is 0 Å². The van der Waals surface area contributed by atoms with Gasteiger partial charge in [-0.25, -0.2) is 9.18 Å². The van der Waals surface area contributed by atoms with E-state index < -0.39 is 23.6 Å². The molecule has 0 fully saturated rings. The van der Waals surface area contributed by atoms with Crippen LogP contribution in [0, 0.1) is 5.82 Å². The Kier molecular flexibility index (Phi) is 5.99. The number of nitrogens with one attached hydrogen (secondary N) is 4. The van der Waals surface area contributed by atoms with Crippen LogP contribution >= 0.6 is 11.6 Å². The lowest BCUT2D eigenvalue weighted by Gasteiger charge is -2.11. The second kappa shape index (κ2) is 8.61. The average molecular weight is 419 g/mol. The van der Waals surface area contributed by atoms with Crippen LogP contribution in [0.2, 0.25) is 5.02 Å². The maximum atomic E-state index is 14.4. The van der Waals surface area contributed by atoms with Gasteiger partial charge in [0.25, 0.3) is 11.8 Å². The molecule has 2 aromatic carbocycles. The van der Waals surface area contributed by atoms with Crippen LogP contribution in [0.25, 0.3) is 0 Å². The second-order valence-corrected chi connectivity index (χ2v) is 6.26. The molecule has 0 spiro atoms. The molecule has 10 heteroatoms. The van der Waals surface area contributed by atoms with Crippen molar-refractivity contribution in [2.24, 2.45) is 0 Å². The van der Waals surface area contributed by atoms with Crippen LogP contribution in [0.4, 0.5) is 15.8 Å². The summed E-state index contributed by atoms with van der Waals surface area (Å²) in [5.74, 6) is -2.69. The van der Waals surface area contributed by atoms with Gasteiger partial charge in [-0.2, -0.15) is 0 Å². The van der Waals surface area contributed by atoms with Crippen molar-refractivity contribution in [2.75, 3.05) is 24.4 Å². The fourth-order valence-electron chi connectivity index (χ4n) is 2.59. The van der Waals surface area contributed by atoms with E-state index in [1.807, 2.05) is 0 Å². The van der Waals surface area contributed by atoms with Gasteiger partial charge in [-0.3, -0.25) is 9.59 Å². The van der Waals surface area contributed by atoms with Gasteiger partial charge in [0.2, 0.25) is 0 Å². The summed E-state index contributed by atoms with van der Waals surface area (Å²) >= 11 is 5.96. The summed E-state index contributed by atoms with van der Waals surface area (Å²) in [6.07, 6.45) is 0. The van der Waals surface area contributed by atoms with Crippen LogP contribution in [-0.2, 0) is 14.3 Å². The standard InChI is InChI=1S/C19H16ClFN4O4/c1-29-19(28)16-15(22-9-23-16)18(27)24-10-6-7-14(13(21)8-10)25-17(26)11-4-2-3-5-12(11)20/h2-8,22-23H,9H2,1H3,(H,24,27)(H,25,26). The molecule has 29 heavy (non-hydrogen) atoms. The Morgan fingerprint density at radius 2 is 1.76 bits per heavy atom. The molecule has 3 rings (SSSR count). The zero-order valence-electron chi connectivity index (χ0n) is 15.1. The minimum Gasteiger partial charge on any atom is -0.464 e. The zero-order valence-corrected chi connectivity index (χ0v) is 15.9. The lowest BCUT2D eigenvalue weighted by atomic mass is 10.2. The first kappa shape index (κ1) is 20.2. The molecule has 1 aliphatic heterocycles. The van der Waals surface area contributed by atoms with Crippen LogP contribution in [-0.4, -0.2) is 31.6 Å². The third-order valence-electron chi connectivity index (χ3n) is 3.99. The highest BCUT2D eigenvalue weighted by atomic mass is 35.5. The lowest BCUT2D eigenvalue weighted by Crippen LogP contribution is -2.24. The number of ether oxygens (including phenoxy) is 1. The molecule has 1 aliphatic rings. The number of hydrogen-bond acceptors (Lipinski definition) is 6. The van der Waals surface area contributed by atoms with Gasteiger partial charge in [0.05, 0.1) is 30.1 Å². The Balaban J connectivity index is 1.73. The van der Waals surface area contributed by atoms with E-state index in [1.54, 1.807) is 18.2 Å². The predicted molar refractivity (Wildman–Crippen MR) is 105 cm³/mol. The topological polar surface area (TPSA) is 109 Å². The average Bonchev–Trinajstić information content (AvgIpc) is 3.19. The number of halogens is 2. The van der Waals surface area contributed by atoms with Crippen molar-refractivity contribution in [1.82, 2.24) is 10.6 Å². The van der Waals surface area contributed by atoms with Crippen LogP contribution in [0.15, 0.2) is 53.9 Å². The molecule has 0 atom stereocenters. The largest absolute Gasteiger partial charge is 0.464 e. The van der Waals surface area contributed by atoms with Gasteiger partial charge >= 0.3 is 5.97 Å². The highest BCUT2D eigenvalue weighted by Crippen LogP contribution is 2.22. The Labute approximate surface area is 170 Å². The molecule has 0 bridgehead atoms. The number of amides is 2. The highest BCUT2D eigenvalue weighted by molar-refractivity contribution is 6.34. The van der Waals surface area contributed by atoms with Crippen LogP contribution in [0.3, 0.4) is 0 Å². The molecule has 0 saturated carbocycles. The van der Waals surface area contributed by atoms with Crippen molar-refractivity contribution in [3.05, 3.63) is 70.3 Å². The number of benzene rings is 2. The molecular weight excluding hydrogens is 403 g/mol. The zero-order chi connectivity index (χ0) is 21.0. The predicted octanol–water partition coefficient (Wildman–Crippen LogP) is 2.20. The van der Waals surface area contributed by atoms with Gasteiger partial charge in [-0.15, -0.1) is 0 Å². The molecule has 1 heterocycles. The highest BCUT2D eigenvalue weighted by Gasteiger charge is 2.26. The molecule has 0 aromatic heterocycles. The molecule has 150 valence electrons. The fourth-order valence-corrected chi connectivity index (χ4v) is 2.81. The van der Waals surface area contributed by atoms with Crippen molar-refractivity contribution < 1.29 is 23.5 Å². The SMILES string of the molecule is COC(=O)C1=C(C(=O)Nc2ccc(NC(=O)c3ccccc3Cl)c(F)c2)NCN1. The van der Waals surface area contributed by atoms with E-state index in [1.165, 1.54) is 25.3 Å².